The fraction of sp³-hybridized carbons (Fsp3) is 0. The average molecular weight is 228 g/mol. The summed E-state index contributed by atoms with van der Waals surface area (Å²) in [4.78, 5) is 11.9. The van der Waals surface area contributed by atoms with Gasteiger partial charge in [-0.1, -0.05) is 39.5 Å². The van der Waals surface area contributed by atoms with Crippen molar-refractivity contribution in [1.82, 2.24) is 9.73 Å². The molecule has 0 bridgehead atoms. The first-order valence-corrected chi connectivity index (χ1v) is 5.17. The van der Waals surface area contributed by atoms with Gasteiger partial charge in [-0.2, -0.15) is 0 Å². The maximum atomic E-state index is 11.9. The molecule has 3 aromatic rings. The van der Waals surface area contributed by atoms with Gasteiger partial charge in [-0.05, 0) is 5.56 Å². The summed E-state index contributed by atoms with van der Waals surface area (Å²) in [6.45, 7) is 0. The molecule has 0 fully saturated rings. The van der Waals surface area contributed by atoms with Crippen molar-refractivity contribution >= 4 is 0 Å². The SMILES string of the molecule is O=c1[nH]n2ccc[n+]2c(O)c1-c1ccccc1. The first-order valence-electron chi connectivity index (χ1n) is 5.17. The van der Waals surface area contributed by atoms with E-state index in [4.69, 9.17) is 0 Å². The van der Waals surface area contributed by atoms with E-state index in [9.17, 15) is 9.90 Å². The van der Waals surface area contributed by atoms with E-state index in [1.54, 1.807) is 30.6 Å². The molecular formula is C12H10N3O2+. The molecule has 0 radical (unpaired) electrons. The lowest BCUT2D eigenvalue weighted by molar-refractivity contribution is -0.631. The van der Waals surface area contributed by atoms with E-state index in [1.807, 2.05) is 18.2 Å². The van der Waals surface area contributed by atoms with E-state index in [0.29, 0.717) is 5.56 Å². The molecule has 0 aliphatic heterocycles. The molecule has 3 rings (SSSR count). The zero-order valence-electron chi connectivity index (χ0n) is 8.87. The highest BCUT2D eigenvalue weighted by atomic mass is 16.3. The second kappa shape index (κ2) is 3.48. The Hall–Kier alpha value is -2.56. The van der Waals surface area contributed by atoms with Crippen LogP contribution < -0.4 is 10.1 Å². The Morgan fingerprint density at radius 1 is 1.18 bits per heavy atom. The molecule has 0 saturated heterocycles. The standard InChI is InChI=1S/C12H9N3O2/c16-11-10(9-5-2-1-3-6-9)12(17)14-7-4-8-15(14)13-11/h1-8H,(H-,13,16,17)/p+1. The van der Waals surface area contributed by atoms with E-state index in [-0.39, 0.29) is 17.0 Å². The number of benzene rings is 1. The van der Waals surface area contributed by atoms with Crippen LogP contribution in [0.2, 0.25) is 0 Å². The Morgan fingerprint density at radius 3 is 2.71 bits per heavy atom. The van der Waals surface area contributed by atoms with Crippen LogP contribution in [0.5, 0.6) is 5.88 Å². The van der Waals surface area contributed by atoms with Crippen LogP contribution in [0.25, 0.3) is 11.1 Å². The maximum Gasteiger partial charge on any atom is 0.365 e. The summed E-state index contributed by atoms with van der Waals surface area (Å²) in [6, 6.07) is 10.8. The number of nitrogens with one attached hydrogen (secondary N) is 1. The van der Waals surface area contributed by atoms with Crippen LogP contribution in [0.4, 0.5) is 0 Å². The number of hydrogen-bond acceptors (Lipinski definition) is 2. The fourth-order valence-corrected chi connectivity index (χ4v) is 1.85. The van der Waals surface area contributed by atoms with Crippen LogP contribution in [-0.4, -0.2) is 14.8 Å². The third kappa shape index (κ3) is 1.40. The van der Waals surface area contributed by atoms with Crippen LogP contribution in [0, 0.1) is 0 Å². The van der Waals surface area contributed by atoms with Crippen molar-refractivity contribution in [2.75, 3.05) is 0 Å². The monoisotopic (exact) mass is 228 g/mol. The number of H-pyrrole nitrogens is 1. The highest BCUT2D eigenvalue weighted by molar-refractivity contribution is 5.65. The summed E-state index contributed by atoms with van der Waals surface area (Å²) in [5.41, 5.74) is 0.620. The average Bonchev–Trinajstić information content (AvgIpc) is 2.78. The molecular weight excluding hydrogens is 218 g/mol. The number of hydrogen-bond donors (Lipinski definition) is 2. The molecule has 5 heteroatoms. The second-order valence-electron chi connectivity index (χ2n) is 3.69. The van der Waals surface area contributed by atoms with E-state index < -0.39 is 0 Å². The van der Waals surface area contributed by atoms with Gasteiger partial charge in [0.25, 0.3) is 0 Å². The highest BCUT2D eigenvalue weighted by Gasteiger charge is 2.19. The zero-order chi connectivity index (χ0) is 11.8. The van der Waals surface area contributed by atoms with Crippen molar-refractivity contribution in [1.29, 1.82) is 0 Å². The molecule has 2 aromatic heterocycles. The number of aromatic hydroxyl groups is 1. The molecule has 5 nitrogen and oxygen atoms in total. The normalized spacial score (nSPS) is 10.8. The molecule has 84 valence electrons. The highest BCUT2D eigenvalue weighted by Crippen LogP contribution is 2.20. The van der Waals surface area contributed by atoms with Gasteiger partial charge in [-0.3, -0.25) is 0 Å². The van der Waals surface area contributed by atoms with Crippen molar-refractivity contribution in [3.63, 3.8) is 0 Å². The number of aromatic amines is 1. The van der Waals surface area contributed by atoms with E-state index in [0.717, 1.165) is 0 Å². The largest absolute Gasteiger partial charge is 0.476 e. The maximum absolute atomic E-state index is 11.9. The minimum Gasteiger partial charge on any atom is -0.476 e. The Balaban J connectivity index is 2.40. The van der Waals surface area contributed by atoms with Gasteiger partial charge in [-0.15, -0.1) is 5.10 Å². The third-order valence-electron chi connectivity index (χ3n) is 2.63. The van der Waals surface area contributed by atoms with Gasteiger partial charge >= 0.3 is 11.4 Å². The first kappa shape index (κ1) is 9.65. The topological polar surface area (TPSA) is 61.6 Å². The quantitative estimate of drug-likeness (QED) is 0.599. The molecule has 1 aromatic carbocycles. The Morgan fingerprint density at radius 2 is 1.94 bits per heavy atom. The number of nitrogens with zero attached hydrogens (tertiary/aromatic N) is 2. The van der Waals surface area contributed by atoms with Crippen LogP contribution >= 0.6 is 0 Å². The van der Waals surface area contributed by atoms with Crippen LogP contribution in [0.3, 0.4) is 0 Å². The molecule has 0 unspecified atom stereocenters. The molecule has 0 aliphatic carbocycles. The van der Waals surface area contributed by atoms with Gasteiger partial charge < -0.3 is 5.11 Å². The molecule has 2 N–H and O–H groups in total. The first-order chi connectivity index (χ1) is 8.27. The van der Waals surface area contributed by atoms with Gasteiger partial charge in [0.15, 0.2) is 5.56 Å². The lowest BCUT2D eigenvalue weighted by Crippen LogP contribution is -2.35. The van der Waals surface area contributed by atoms with E-state index >= 15 is 0 Å². The number of fused-ring (bicyclic) bond motifs is 1. The van der Waals surface area contributed by atoms with Crippen molar-refractivity contribution in [2.45, 2.75) is 0 Å². The summed E-state index contributed by atoms with van der Waals surface area (Å²) in [7, 11) is 0. The molecule has 0 aliphatic rings. The predicted molar refractivity (Wildman–Crippen MR) is 60.8 cm³/mol. The van der Waals surface area contributed by atoms with Crippen molar-refractivity contribution in [2.24, 2.45) is 0 Å². The minimum atomic E-state index is -0.329. The summed E-state index contributed by atoms with van der Waals surface area (Å²) in [5, 5.41) is 12.7. The molecule has 2 heterocycles. The summed E-state index contributed by atoms with van der Waals surface area (Å²) < 4.78 is 2.88. The van der Waals surface area contributed by atoms with E-state index in [2.05, 4.69) is 5.10 Å². The molecule has 0 saturated carbocycles. The van der Waals surface area contributed by atoms with Crippen molar-refractivity contribution < 1.29 is 9.62 Å². The smallest absolute Gasteiger partial charge is 0.365 e. The van der Waals surface area contributed by atoms with Gasteiger partial charge in [-0.25, -0.2) is 4.79 Å². The fourth-order valence-electron chi connectivity index (χ4n) is 1.85. The van der Waals surface area contributed by atoms with Gasteiger partial charge in [0.2, 0.25) is 0 Å². The summed E-state index contributed by atoms with van der Waals surface area (Å²) in [5.74, 6) is -0.0787. The Labute approximate surface area is 96.2 Å². The van der Waals surface area contributed by atoms with Gasteiger partial charge in [0, 0.05) is 6.07 Å². The zero-order valence-corrected chi connectivity index (χ0v) is 8.87. The lowest BCUT2D eigenvalue weighted by Gasteiger charge is -2.00. The molecule has 17 heavy (non-hydrogen) atoms. The second-order valence-corrected chi connectivity index (χ2v) is 3.69. The summed E-state index contributed by atoms with van der Waals surface area (Å²) >= 11 is 0. The molecule has 0 amide bonds. The molecule has 0 spiro atoms. The van der Waals surface area contributed by atoms with Crippen LogP contribution in [0.15, 0.2) is 53.6 Å². The third-order valence-corrected chi connectivity index (χ3v) is 2.63. The van der Waals surface area contributed by atoms with Crippen LogP contribution in [0.1, 0.15) is 0 Å². The predicted octanol–water partition coefficient (Wildman–Crippen LogP) is 0.586. The van der Waals surface area contributed by atoms with Gasteiger partial charge in [0.05, 0.1) is 6.20 Å². The van der Waals surface area contributed by atoms with E-state index in [1.165, 1.54) is 9.15 Å². The Kier molecular flexibility index (Phi) is 1.98. The van der Waals surface area contributed by atoms with Crippen molar-refractivity contribution in [3.8, 4) is 17.0 Å². The minimum absolute atomic E-state index is 0.0787. The summed E-state index contributed by atoms with van der Waals surface area (Å²) in [6.07, 6.45) is 3.31. The number of aromatic nitrogens is 3. The van der Waals surface area contributed by atoms with Crippen molar-refractivity contribution in [3.05, 3.63) is 59.1 Å². The molecule has 0 atom stereocenters. The van der Waals surface area contributed by atoms with Gasteiger partial charge in [0.1, 0.15) is 6.20 Å². The lowest BCUT2D eigenvalue weighted by atomic mass is 10.1. The Bertz CT molecular complexity index is 728. The number of rotatable bonds is 1. The van der Waals surface area contributed by atoms with Crippen LogP contribution in [-0.2, 0) is 0 Å².